The number of rotatable bonds is 4. The maximum absolute atomic E-state index is 11.9. The number of aromatic nitrogens is 1. The third-order valence-corrected chi connectivity index (χ3v) is 3.98. The van der Waals surface area contributed by atoms with Crippen molar-refractivity contribution in [3.8, 4) is 0 Å². The number of aryl methyl sites for hydroxylation is 1. The molecule has 1 aromatic heterocycles. The van der Waals surface area contributed by atoms with Crippen LogP contribution in [0.5, 0.6) is 0 Å². The van der Waals surface area contributed by atoms with Gasteiger partial charge in [-0.3, -0.25) is 9.69 Å². The minimum atomic E-state index is -1.01. The van der Waals surface area contributed by atoms with Gasteiger partial charge in [0.05, 0.1) is 12.2 Å². The van der Waals surface area contributed by atoms with Crippen LogP contribution >= 0.6 is 11.3 Å². The Hall–Kier alpha value is -1.27. The summed E-state index contributed by atoms with van der Waals surface area (Å²) in [5.74, 6) is -1.09. The molecule has 5 nitrogen and oxygen atoms in total. The first kappa shape index (κ1) is 12.2. The Bertz CT molecular complexity index is 450. The Balaban J connectivity index is 2.08. The molecule has 0 saturated carbocycles. The summed E-state index contributed by atoms with van der Waals surface area (Å²) in [7, 11) is 0. The van der Waals surface area contributed by atoms with E-state index in [1.165, 1.54) is 0 Å². The maximum atomic E-state index is 11.9. The van der Waals surface area contributed by atoms with E-state index in [0.717, 1.165) is 37.3 Å². The fourth-order valence-electron chi connectivity index (χ4n) is 1.93. The normalized spacial score (nSPS) is 16.3. The molecule has 0 atom stereocenters. The van der Waals surface area contributed by atoms with E-state index in [9.17, 15) is 9.59 Å². The Morgan fingerprint density at radius 2 is 2.06 bits per heavy atom. The molecule has 1 aliphatic rings. The molecule has 2 heterocycles. The number of Topliss-reactive ketones (excluding diaryl/α,β-unsaturated/α-hetero) is 1. The van der Waals surface area contributed by atoms with Crippen LogP contribution in [0.3, 0.4) is 0 Å². The Kier molecular flexibility index (Phi) is 3.54. The molecule has 0 bridgehead atoms. The van der Waals surface area contributed by atoms with E-state index < -0.39 is 5.97 Å². The minimum Gasteiger partial charge on any atom is -0.477 e. The first-order valence-electron chi connectivity index (χ1n) is 5.54. The van der Waals surface area contributed by atoms with E-state index in [4.69, 9.17) is 5.11 Å². The first-order chi connectivity index (χ1) is 8.08. The zero-order valence-electron chi connectivity index (χ0n) is 9.60. The lowest BCUT2D eigenvalue weighted by Crippen LogP contribution is -2.26. The second kappa shape index (κ2) is 4.93. The summed E-state index contributed by atoms with van der Waals surface area (Å²) >= 11 is 0.972. The van der Waals surface area contributed by atoms with Gasteiger partial charge in [-0.15, -0.1) is 11.3 Å². The molecule has 1 fully saturated rings. The lowest BCUT2D eigenvalue weighted by Gasteiger charge is -2.11. The molecule has 92 valence electrons. The molecule has 0 spiro atoms. The van der Waals surface area contributed by atoms with Crippen molar-refractivity contribution >= 4 is 23.1 Å². The number of carbonyl (C=O) groups is 2. The summed E-state index contributed by atoms with van der Waals surface area (Å²) in [5, 5.41) is 9.21. The van der Waals surface area contributed by atoms with Gasteiger partial charge in [0.1, 0.15) is 4.88 Å². The lowest BCUT2D eigenvalue weighted by atomic mass is 10.3. The highest BCUT2D eigenvalue weighted by atomic mass is 32.1. The van der Waals surface area contributed by atoms with E-state index in [2.05, 4.69) is 9.88 Å². The van der Waals surface area contributed by atoms with Crippen LogP contribution in [0.2, 0.25) is 0 Å². The van der Waals surface area contributed by atoms with Crippen molar-refractivity contribution in [2.75, 3.05) is 19.6 Å². The van der Waals surface area contributed by atoms with Gasteiger partial charge in [-0.05, 0) is 32.9 Å². The van der Waals surface area contributed by atoms with Gasteiger partial charge in [-0.1, -0.05) is 0 Å². The SMILES string of the molecule is Cc1nc(C(=O)CN2CCCC2)sc1C(=O)O. The number of ketones is 1. The molecule has 1 N–H and O–H groups in total. The molecule has 2 rings (SSSR count). The van der Waals surface area contributed by atoms with Crippen molar-refractivity contribution in [1.29, 1.82) is 0 Å². The van der Waals surface area contributed by atoms with Crippen molar-refractivity contribution < 1.29 is 14.7 Å². The largest absolute Gasteiger partial charge is 0.477 e. The number of likely N-dealkylation sites (tertiary alicyclic amines) is 1. The van der Waals surface area contributed by atoms with Crippen molar-refractivity contribution in [3.63, 3.8) is 0 Å². The zero-order chi connectivity index (χ0) is 12.4. The van der Waals surface area contributed by atoms with Gasteiger partial charge >= 0.3 is 5.97 Å². The van der Waals surface area contributed by atoms with Gasteiger partial charge in [-0.25, -0.2) is 9.78 Å². The van der Waals surface area contributed by atoms with Crippen molar-refractivity contribution in [1.82, 2.24) is 9.88 Å². The first-order valence-corrected chi connectivity index (χ1v) is 6.36. The molecule has 0 aromatic carbocycles. The number of carbonyl (C=O) groups excluding carboxylic acids is 1. The Labute approximate surface area is 103 Å². The maximum Gasteiger partial charge on any atom is 0.347 e. The molecule has 17 heavy (non-hydrogen) atoms. The molecule has 1 saturated heterocycles. The Morgan fingerprint density at radius 3 is 2.59 bits per heavy atom. The number of nitrogens with zero attached hydrogens (tertiary/aromatic N) is 2. The van der Waals surface area contributed by atoms with Gasteiger partial charge in [-0.2, -0.15) is 0 Å². The van der Waals surface area contributed by atoms with Crippen LogP contribution in [-0.2, 0) is 0 Å². The molecular formula is C11H14N2O3S. The molecule has 1 aromatic rings. The highest BCUT2D eigenvalue weighted by Gasteiger charge is 2.21. The molecular weight excluding hydrogens is 240 g/mol. The van der Waals surface area contributed by atoms with Gasteiger partial charge in [0.15, 0.2) is 5.01 Å². The van der Waals surface area contributed by atoms with Gasteiger partial charge in [0, 0.05) is 0 Å². The van der Waals surface area contributed by atoms with Crippen LogP contribution in [0.15, 0.2) is 0 Å². The van der Waals surface area contributed by atoms with Gasteiger partial charge in [0.25, 0.3) is 0 Å². The number of carboxylic acid groups (broad SMARTS) is 1. The third kappa shape index (κ3) is 2.70. The minimum absolute atomic E-state index is 0.0764. The van der Waals surface area contributed by atoms with Crippen molar-refractivity contribution in [2.45, 2.75) is 19.8 Å². The fraction of sp³-hybridized carbons (Fsp3) is 0.545. The van der Waals surface area contributed by atoms with E-state index in [-0.39, 0.29) is 10.7 Å². The van der Waals surface area contributed by atoms with Crippen LogP contribution in [0.1, 0.15) is 38.0 Å². The number of hydrogen-bond donors (Lipinski definition) is 1. The lowest BCUT2D eigenvalue weighted by molar-refractivity contribution is 0.0701. The zero-order valence-corrected chi connectivity index (χ0v) is 10.4. The number of carboxylic acids is 1. The van der Waals surface area contributed by atoms with E-state index in [0.29, 0.717) is 17.2 Å². The molecule has 0 aliphatic carbocycles. The standard InChI is InChI=1S/C11H14N2O3S/c1-7-9(11(15)16)17-10(12-7)8(14)6-13-4-2-3-5-13/h2-6H2,1H3,(H,15,16). The second-order valence-corrected chi connectivity index (χ2v) is 5.14. The predicted octanol–water partition coefficient (Wildman–Crippen LogP) is 1.43. The molecule has 0 radical (unpaired) electrons. The van der Waals surface area contributed by atoms with E-state index >= 15 is 0 Å². The summed E-state index contributed by atoms with van der Waals surface area (Å²) < 4.78 is 0. The van der Waals surface area contributed by atoms with Crippen LogP contribution < -0.4 is 0 Å². The summed E-state index contributed by atoms with van der Waals surface area (Å²) in [6.45, 7) is 3.86. The second-order valence-electron chi connectivity index (χ2n) is 4.15. The highest BCUT2D eigenvalue weighted by Crippen LogP contribution is 2.19. The third-order valence-electron chi connectivity index (χ3n) is 2.80. The van der Waals surface area contributed by atoms with Crippen molar-refractivity contribution in [2.24, 2.45) is 0 Å². The fourth-order valence-corrected chi connectivity index (χ4v) is 2.76. The average molecular weight is 254 g/mol. The van der Waals surface area contributed by atoms with Crippen LogP contribution in [0.4, 0.5) is 0 Å². The topological polar surface area (TPSA) is 70.5 Å². The number of aromatic carboxylic acids is 1. The highest BCUT2D eigenvalue weighted by molar-refractivity contribution is 7.15. The number of hydrogen-bond acceptors (Lipinski definition) is 5. The van der Waals surface area contributed by atoms with Crippen molar-refractivity contribution in [3.05, 3.63) is 15.6 Å². The number of thiazole rings is 1. The monoisotopic (exact) mass is 254 g/mol. The summed E-state index contributed by atoms with van der Waals surface area (Å²) in [5.41, 5.74) is 0.423. The van der Waals surface area contributed by atoms with Gasteiger partial charge in [0.2, 0.25) is 5.78 Å². The summed E-state index contributed by atoms with van der Waals surface area (Å²) in [6, 6.07) is 0. The van der Waals surface area contributed by atoms with Crippen LogP contribution in [0, 0.1) is 6.92 Å². The van der Waals surface area contributed by atoms with E-state index in [1.54, 1.807) is 6.92 Å². The van der Waals surface area contributed by atoms with Crippen LogP contribution in [-0.4, -0.2) is 46.4 Å². The van der Waals surface area contributed by atoms with Crippen LogP contribution in [0.25, 0.3) is 0 Å². The molecule has 0 amide bonds. The van der Waals surface area contributed by atoms with E-state index in [1.807, 2.05) is 0 Å². The smallest absolute Gasteiger partial charge is 0.347 e. The Morgan fingerprint density at radius 1 is 1.41 bits per heavy atom. The summed E-state index contributed by atoms with van der Waals surface area (Å²) in [6.07, 6.45) is 2.26. The quantitative estimate of drug-likeness (QED) is 0.823. The van der Waals surface area contributed by atoms with Gasteiger partial charge < -0.3 is 5.11 Å². The molecule has 6 heteroatoms. The summed E-state index contributed by atoms with van der Waals surface area (Å²) in [4.78, 5) is 29.0. The molecule has 1 aliphatic heterocycles. The average Bonchev–Trinajstić information content (AvgIpc) is 2.86. The molecule has 0 unspecified atom stereocenters. The predicted molar refractivity (Wildman–Crippen MR) is 63.8 cm³/mol.